The molecule has 2 rings (SSSR count). The first-order valence-electron chi connectivity index (χ1n) is 6.12. The van der Waals surface area contributed by atoms with E-state index in [0.717, 1.165) is 11.4 Å². The third-order valence-corrected chi connectivity index (χ3v) is 3.03. The Labute approximate surface area is 111 Å². The van der Waals surface area contributed by atoms with Gasteiger partial charge in [0.25, 0.3) is 5.91 Å². The maximum atomic E-state index is 11.9. The topological polar surface area (TPSA) is 67.2 Å². The van der Waals surface area contributed by atoms with Gasteiger partial charge in [-0.2, -0.15) is 0 Å². The summed E-state index contributed by atoms with van der Waals surface area (Å²) in [4.78, 5) is 16.1. The molecule has 1 aromatic heterocycles. The lowest BCUT2D eigenvalue weighted by molar-refractivity contribution is 0.0953. The number of amides is 1. The minimum atomic E-state index is -0.190. The molecule has 0 aliphatic rings. The van der Waals surface area contributed by atoms with Crippen LogP contribution in [-0.2, 0) is 13.5 Å². The van der Waals surface area contributed by atoms with E-state index in [0.29, 0.717) is 18.5 Å². The van der Waals surface area contributed by atoms with Crippen LogP contribution in [0.3, 0.4) is 0 Å². The molecule has 19 heavy (non-hydrogen) atoms. The van der Waals surface area contributed by atoms with Crippen LogP contribution in [0.2, 0.25) is 0 Å². The van der Waals surface area contributed by atoms with Crippen LogP contribution in [0.4, 0.5) is 0 Å². The Morgan fingerprint density at radius 1 is 1.47 bits per heavy atom. The van der Waals surface area contributed by atoms with Crippen molar-refractivity contribution in [1.29, 1.82) is 0 Å². The number of phenols is 1. The number of aromatic nitrogens is 2. The van der Waals surface area contributed by atoms with E-state index in [1.54, 1.807) is 25.3 Å². The summed E-state index contributed by atoms with van der Waals surface area (Å²) in [5.74, 6) is 0.869. The Hall–Kier alpha value is -2.30. The zero-order valence-corrected chi connectivity index (χ0v) is 11.1. The van der Waals surface area contributed by atoms with Crippen molar-refractivity contribution in [2.75, 3.05) is 6.54 Å². The zero-order valence-electron chi connectivity index (χ0n) is 11.1. The van der Waals surface area contributed by atoms with E-state index in [2.05, 4.69) is 10.3 Å². The number of carbonyl (C=O) groups excluding carboxylic acids is 1. The molecule has 1 amide bonds. The van der Waals surface area contributed by atoms with Gasteiger partial charge in [-0.05, 0) is 24.6 Å². The number of hydrogen-bond acceptors (Lipinski definition) is 3. The summed E-state index contributed by atoms with van der Waals surface area (Å²) in [5, 5.41) is 12.4. The van der Waals surface area contributed by atoms with Crippen molar-refractivity contribution in [1.82, 2.24) is 14.9 Å². The standard InChI is InChI=1S/C14H17N3O2/c1-10-3-4-11(9-12(10)18)14(19)16-6-5-13-15-7-8-17(13)2/h3-4,7-9,18H,5-6H2,1-2H3,(H,16,19). The first-order valence-corrected chi connectivity index (χ1v) is 6.12. The van der Waals surface area contributed by atoms with Crippen molar-refractivity contribution in [2.24, 2.45) is 7.05 Å². The summed E-state index contributed by atoms with van der Waals surface area (Å²) < 4.78 is 1.92. The fourth-order valence-electron chi connectivity index (χ4n) is 1.78. The number of aromatic hydroxyl groups is 1. The number of nitrogens with zero attached hydrogens (tertiary/aromatic N) is 2. The number of benzene rings is 1. The molecule has 100 valence electrons. The first-order chi connectivity index (χ1) is 9.08. The van der Waals surface area contributed by atoms with Gasteiger partial charge in [-0.3, -0.25) is 4.79 Å². The SMILES string of the molecule is Cc1ccc(C(=O)NCCc2nccn2C)cc1O. The van der Waals surface area contributed by atoms with E-state index < -0.39 is 0 Å². The predicted octanol–water partition coefficient (Wildman–Crippen LogP) is 1.41. The van der Waals surface area contributed by atoms with Crippen LogP contribution in [0.1, 0.15) is 21.7 Å². The van der Waals surface area contributed by atoms with Gasteiger partial charge in [-0.25, -0.2) is 4.98 Å². The molecule has 0 aliphatic heterocycles. The lowest BCUT2D eigenvalue weighted by Gasteiger charge is -2.06. The monoisotopic (exact) mass is 259 g/mol. The minimum absolute atomic E-state index is 0.136. The molecule has 0 saturated heterocycles. The molecule has 0 unspecified atom stereocenters. The Morgan fingerprint density at radius 3 is 2.89 bits per heavy atom. The summed E-state index contributed by atoms with van der Waals surface area (Å²) >= 11 is 0. The number of phenolic OH excluding ortho intramolecular Hbond substituents is 1. The minimum Gasteiger partial charge on any atom is -0.508 e. The molecule has 1 heterocycles. The fourth-order valence-corrected chi connectivity index (χ4v) is 1.78. The maximum Gasteiger partial charge on any atom is 0.251 e. The molecule has 2 aromatic rings. The smallest absolute Gasteiger partial charge is 0.251 e. The van der Waals surface area contributed by atoms with Crippen molar-refractivity contribution < 1.29 is 9.90 Å². The number of imidazole rings is 1. The highest BCUT2D eigenvalue weighted by Gasteiger charge is 2.07. The third-order valence-electron chi connectivity index (χ3n) is 3.03. The molecule has 5 nitrogen and oxygen atoms in total. The second-order valence-corrected chi connectivity index (χ2v) is 4.46. The Balaban J connectivity index is 1.91. The van der Waals surface area contributed by atoms with Gasteiger partial charge >= 0.3 is 0 Å². The third kappa shape index (κ3) is 3.13. The number of hydrogen-bond donors (Lipinski definition) is 2. The molecular formula is C14H17N3O2. The van der Waals surface area contributed by atoms with Crippen molar-refractivity contribution in [3.8, 4) is 5.75 Å². The van der Waals surface area contributed by atoms with Crippen LogP contribution in [0.15, 0.2) is 30.6 Å². The second kappa shape index (κ2) is 5.56. The molecule has 2 N–H and O–H groups in total. The highest BCUT2D eigenvalue weighted by atomic mass is 16.3. The predicted molar refractivity (Wildman–Crippen MR) is 72.1 cm³/mol. The Morgan fingerprint density at radius 2 is 2.26 bits per heavy atom. The molecule has 0 atom stereocenters. The van der Waals surface area contributed by atoms with Crippen molar-refractivity contribution in [2.45, 2.75) is 13.3 Å². The van der Waals surface area contributed by atoms with E-state index in [4.69, 9.17) is 0 Å². The van der Waals surface area contributed by atoms with Crippen LogP contribution in [0.25, 0.3) is 0 Å². The van der Waals surface area contributed by atoms with Gasteiger partial charge in [0.1, 0.15) is 11.6 Å². The van der Waals surface area contributed by atoms with Gasteiger partial charge in [0, 0.05) is 38.0 Å². The first kappa shape index (κ1) is 13.1. The lowest BCUT2D eigenvalue weighted by Crippen LogP contribution is -2.26. The summed E-state index contributed by atoms with van der Waals surface area (Å²) in [5.41, 5.74) is 1.22. The average Bonchev–Trinajstić information content (AvgIpc) is 2.78. The van der Waals surface area contributed by atoms with Crippen molar-refractivity contribution >= 4 is 5.91 Å². The van der Waals surface area contributed by atoms with Gasteiger partial charge in [-0.1, -0.05) is 6.07 Å². The Bertz CT molecular complexity index is 590. The number of nitrogens with one attached hydrogen (secondary N) is 1. The van der Waals surface area contributed by atoms with Gasteiger partial charge in [-0.15, -0.1) is 0 Å². The summed E-state index contributed by atoms with van der Waals surface area (Å²) in [7, 11) is 1.92. The molecule has 0 spiro atoms. The zero-order chi connectivity index (χ0) is 13.8. The molecule has 0 bridgehead atoms. The number of aryl methyl sites for hydroxylation is 2. The van der Waals surface area contributed by atoms with E-state index in [1.165, 1.54) is 6.07 Å². The molecule has 0 saturated carbocycles. The van der Waals surface area contributed by atoms with Gasteiger partial charge < -0.3 is 15.0 Å². The molecule has 1 aromatic carbocycles. The normalized spacial score (nSPS) is 10.4. The van der Waals surface area contributed by atoms with Gasteiger partial charge in [0.2, 0.25) is 0 Å². The van der Waals surface area contributed by atoms with Gasteiger partial charge in [0.05, 0.1) is 0 Å². The van der Waals surface area contributed by atoms with Crippen molar-refractivity contribution in [3.63, 3.8) is 0 Å². The Kier molecular flexibility index (Phi) is 3.85. The van der Waals surface area contributed by atoms with Gasteiger partial charge in [0.15, 0.2) is 0 Å². The van der Waals surface area contributed by atoms with Crippen LogP contribution in [-0.4, -0.2) is 27.1 Å². The summed E-state index contributed by atoms with van der Waals surface area (Å²) in [6, 6.07) is 4.90. The lowest BCUT2D eigenvalue weighted by atomic mass is 10.1. The van der Waals surface area contributed by atoms with E-state index in [1.807, 2.05) is 17.8 Å². The van der Waals surface area contributed by atoms with E-state index in [-0.39, 0.29) is 11.7 Å². The maximum absolute atomic E-state index is 11.9. The van der Waals surface area contributed by atoms with Crippen LogP contribution < -0.4 is 5.32 Å². The molecular weight excluding hydrogens is 242 g/mol. The van der Waals surface area contributed by atoms with E-state index >= 15 is 0 Å². The average molecular weight is 259 g/mol. The fraction of sp³-hybridized carbons (Fsp3) is 0.286. The molecule has 0 aliphatic carbocycles. The highest BCUT2D eigenvalue weighted by molar-refractivity contribution is 5.94. The quantitative estimate of drug-likeness (QED) is 0.872. The number of carbonyl (C=O) groups is 1. The van der Waals surface area contributed by atoms with E-state index in [9.17, 15) is 9.90 Å². The second-order valence-electron chi connectivity index (χ2n) is 4.46. The van der Waals surface area contributed by atoms with Crippen LogP contribution >= 0.6 is 0 Å². The summed E-state index contributed by atoms with van der Waals surface area (Å²) in [6.45, 7) is 2.30. The van der Waals surface area contributed by atoms with Crippen LogP contribution in [0, 0.1) is 6.92 Å². The largest absolute Gasteiger partial charge is 0.508 e. The van der Waals surface area contributed by atoms with Crippen LogP contribution in [0.5, 0.6) is 5.75 Å². The highest BCUT2D eigenvalue weighted by Crippen LogP contribution is 2.17. The summed E-state index contributed by atoms with van der Waals surface area (Å²) in [6.07, 6.45) is 4.28. The van der Waals surface area contributed by atoms with Crippen molar-refractivity contribution in [3.05, 3.63) is 47.5 Å². The number of rotatable bonds is 4. The molecule has 5 heteroatoms. The molecule has 0 radical (unpaired) electrons. The molecule has 0 fully saturated rings.